The van der Waals surface area contributed by atoms with E-state index in [-0.39, 0.29) is 5.91 Å². The smallest absolute Gasteiger partial charge is 0.256 e. The minimum Gasteiger partial charge on any atom is -0.492 e. The average molecular weight is 399 g/mol. The summed E-state index contributed by atoms with van der Waals surface area (Å²) in [5.41, 5.74) is 1.22. The molecule has 2 rings (SSSR count). The summed E-state index contributed by atoms with van der Waals surface area (Å²) in [5.74, 6) is 0.472. The molecule has 0 aliphatic heterocycles. The molecule has 0 spiro atoms. The summed E-state index contributed by atoms with van der Waals surface area (Å²) >= 11 is 6.74. The third kappa shape index (κ3) is 3.61. The highest BCUT2D eigenvalue weighted by Crippen LogP contribution is 2.26. The van der Waals surface area contributed by atoms with Crippen LogP contribution < -0.4 is 10.1 Å². The molecule has 3 nitrogen and oxygen atoms in total. The highest BCUT2D eigenvalue weighted by atomic mass is 79.9. The number of carbonyl (C=O) groups is 1. The van der Waals surface area contributed by atoms with Crippen LogP contribution >= 0.6 is 31.9 Å². The molecule has 2 aromatic carbocycles. The molecule has 0 fully saturated rings. The number of nitrogens with one attached hydrogen (secondary N) is 1. The Morgan fingerprint density at radius 2 is 1.95 bits per heavy atom. The van der Waals surface area contributed by atoms with Crippen LogP contribution in [0.4, 0.5) is 5.69 Å². The van der Waals surface area contributed by atoms with Crippen LogP contribution in [-0.2, 0) is 0 Å². The number of para-hydroxylation sites is 2. The molecule has 2 aromatic rings. The maximum absolute atomic E-state index is 12.3. The number of rotatable bonds is 4. The number of carbonyl (C=O) groups excluding carboxylic acids is 1. The van der Waals surface area contributed by atoms with Crippen LogP contribution in [0.2, 0.25) is 0 Å². The van der Waals surface area contributed by atoms with Gasteiger partial charge < -0.3 is 10.1 Å². The monoisotopic (exact) mass is 397 g/mol. The Balaban J connectivity index is 2.26. The van der Waals surface area contributed by atoms with Crippen LogP contribution in [0.5, 0.6) is 5.75 Å². The van der Waals surface area contributed by atoms with Gasteiger partial charge in [0.25, 0.3) is 5.91 Å². The van der Waals surface area contributed by atoms with Crippen molar-refractivity contribution < 1.29 is 9.53 Å². The van der Waals surface area contributed by atoms with Crippen molar-refractivity contribution in [2.75, 3.05) is 11.9 Å². The maximum atomic E-state index is 12.3. The molecule has 0 radical (unpaired) electrons. The first-order chi connectivity index (χ1) is 9.61. The minimum atomic E-state index is -0.190. The molecular formula is C15H13Br2NO2. The Morgan fingerprint density at radius 3 is 2.70 bits per heavy atom. The molecule has 0 saturated carbocycles. The third-order valence-corrected chi connectivity index (χ3v) is 3.79. The van der Waals surface area contributed by atoms with Crippen molar-refractivity contribution in [2.45, 2.75) is 6.92 Å². The Bertz CT molecular complexity index is 629. The van der Waals surface area contributed by atoms with E-state index in [4.69, 9.17) is 4.74 Å². The molecule has 0 unspecified atom stereocenters. The molecule has 0 saturated heterocycles. The molecule has 1 amide bonds. The first-order valence-corrected chi connectivity index (χ1v) is 7.68. The number of halogens is 2. The summed E-state index contributed by atoms with van der Waals surface area (Å²) in [4.78, 5) is 12.3. The van der Waals surface area contributed by atoms with Crippen molar-refractivity contribution >= 4 is 43.5 Å². The van der Waals surface area contributed by atoms with Crippen molar-refractivity contribution in [3.63, 3.8) is 0 Å². The van der Waals surface area contributed by atoms with Crippen molar-refractivity contribution in [3.8, 4) is 5.75 Å². The molecule has 5 heteroatoms. The third-order valence-electron chi connectivity index (χ3n) is 2.61. The molecule has 0 bridgehead atoms. The van der Waals surface area contributed by atoms with Gasteiger partial charge in [-0.3, -0.25) is 4.79 Å². The second-order valence-corrected chi connectivity index (χ2v) is 5.78. The molecule has 104 valence electrons. The van der Waals surface area contributed by atoms with Crippen molar-refractivity contribution in [2.24, 2.45) is 0 Å². The molecular weight excluding hydrogens is 386 g/mol. The van der Waals surface area contributed by atoms with E-state index in [1.807, 2.05) is 43.3 Å². The fourth-order valence-electron chi connectivity index (χ4n) is 1.71. The topological polar surface area (TPSA) is 38.3 Å². The van der Waals surface area contributed by atoms with Gasteiger partial charge in [-0.15, -0.1) is 0 Å². The lowest BCUT2D eigenvalue weighted by Crippen LogP contribution is -2.13. The van der Waals surface area contributed by atoms with Gasteiger partial charge in [0, 0.05) is 8.95 Å². The molecule has 0 aliphatic carbocycles. The molecule has 0 aromatic heterocycles. The zero-order valence-electron chi connectivity index (χ0n) is 10.8. The second-order valence-electron chi connectivity index (χ2n) is 4.01. The van der Waals surface area contributed by atoms with Crippen LogP contribution in [0, 0.1) is 0 Å². The highest BCUT2D eigenvalue weighted by molar-refractivity contribution is 9.11. The lowest BCUT2D eigenvalue weighted by atomic mass is 10.2. The average Bonchev–Trinajstić information content (AvgIpc) is 2.44. The SMILES string of the molecule is CCOc1ccccc1NC(=O)c1cc(Br)ccc1Br. The summed E-state index contributed by atoms with van der Waals surface area (Å²) in [6.07, 6.45) is 0. The van der Waals surface area contributed by atoms with E-state index in [0.29, 0.717) is 23.6 Å². The Morgan fingerprint density at radius 1 is 1.20 bits per heavy atom. The lowest BCUT2D eigenvalue weighted by molar-refractivity contribution is 0.102. The van der Waals surface area contributed by atoms with Gasteiger partial charge in [0.1, 0.15) is 5.75 Å². The Kier molecular flexibility index (Phi) is 5.20. The lowest BCUT2D eigenvalue weighted by Gasteiger charge is -2.12. The standard InChI is InChI=1S/C15H13Br2NO2/c1-2-20-14-6-4-3-5-13(14)18-15(19)11-9-10(16)7-8-12(11)17/h3-9H,2H2,1H3,(H,18,19). The van der Waals surface area contributed by atoms with E-state index in [1.165, 1.54) is 0 Å². The number of benzene rings is 2. The van der Waals surface area contributed by atoms with Gasteiger partial charge in [-0.1, -0.05) is 28.1 Å². The summed E-state index contributed by atoms with van der Waals surface area (Å²) in [6.45, 7) is 2.46. The summed E-state index contributed by atoms with van der Waals surface area (Å²) in [5, 5.41) is 2.86. The van der Waals surface area contributed by atoms with E-state index in [9.17, 15) is 4.79 Å². The highest BCUT2D eigenvalue weighted by Gasteiger charge is 2.13. The van der Waals surface area contributed by atoms with Gasteiger partial charge in [-0.05, 0) is 53.2 Å². The second kappa shape index (κ2) is 6.90. The van der Waals surface area contributed by atoms with Gasteiger partial charge in [-0.25, -0.2) is 0 Å². The van der Waals surface area contributed by atoms with E-state index in [2.05, 4.69) is 37.2 Å². The predicted octanol–water partition coefficient (Wildman–Crippen LogP) is 4.86. The predicted molar refractivity (Wildman–Crippen MR) is 87.4 cm³/mol. The van der Waals surface area contributed by atoms with Crippen LogP contribution in [0.25, 0.3) is 0 Å². The first kappa shape index (κ1) is 15.1. The fourth-order valence-corrected chi connectivity index (χ4v) is 2.50. The zero-order chi connectivity index (χ0) is 14.5. The van der Waals surface area contributed by atoms with E-state index < -0.39 is 0 Å². The van der Waals surface area contributed by atoms with Gasteiger partial charge in [-0.2, -0.15) is 0 Å². The van der Waals surface area contributed by atoms with Crippen LogP contribution in [0.3, 0.4) is 0 Å². The number of ether oxygens (including phenoxy) is 1. The minimum absolute atomic E-state index is 0.190. The van der Waals surface area contributed by atoms with E-state index in [1.54, 1.807) is 6.07 Å². The first-order valence-electron chi connectivity index (χ1n) is 6.10. The number of anilines is 1. The molecule has 0 atom stereocenters. The van der Waals surface area contributed by atoms with Crippen molar-refractivity contribution in [3.05, 3.63) is 57.0 Å². The number of hydrogen-bond donors (Lipinski definition) is 1. The summed E-state index contributed by atoms with van der Waals surface area (Å²) < 4.78 is 7.09. The van der Waals surface area contributed by atoms with Crippen LogP contribution in [-0.4, -0.2) is 12.5 Å². The Hall–Kier alpha value is -1.33. The summed E-state index contributed by atoms with van der Waals surface area (Å²) in [7, 11) is 0. The Labute approximate surface area is 134 Å². The van der Waals surface area contributed by atoms with Gasteiger partial charge in [0.2, 0.25) is 0 Å². The normalized spacial score (nSPS) is 10.2. The van der Waals surface area contributed by atoms with Crippen LogP contribution in [0.15, 0.2) is 51.4 Å². The summed E-state index contributed by atoms with van der Waals surface area (Å²) in [6, 6.07) is 12.8. The van der Waals surface area contributed by atoms with E-state index >= 15 is 0 Å². The quantitative estimate of drug-likeness (QED) is 0.798. The maximum Gasteiger partial charge on any atom is 0.256 e. The molecule has 0 heterocycles. The fraction of sp³-hybridized carbons (Fsp3) is 0.133. The van der Waals surface area contributed by atoms with Gasteiger partial charge in [0.05, 0.1) is 17.9 Å². The molecule has 1 N–H and O–H groups in total. The van der Waals surface area contributed by atoms with E-state index in [0.717, 1.165) is 8.95 Å². The van der Waals surface area contributed by atoms with Crippen molar-refractivity contribution in [1.82, 2.24) is 0 Å². The zero-order valence-corrected chi connectivity index (χ0v) is 14.0. The van der Waals surface area contributed by atoms with Gasteiger partial charge >= 0.3 is 0 Å². The van der Waals surface area contributed by atoms with Crippen molar-refractivity contribution in [1.29, 1.82) is 0 Å². The number of hydrogen-bond acceptors (Lipinski definition) is 2. The molecule has 20 heavy (non-hydrogen) atoms. The van der Waals surface area contributed by atoms with Gasteiger partial charge in [0.15, 0.2) is 0 Å². The largest absolute Gasteiger partial charge is 0.492 e. The number of amides is 1. The van der Waals surface area contributed by atoms with Crippen LogP contribution in [0.1, 0.15) is 17.3 Å². The molecule has 0 aliphatic rings.